The maximum atomic E-state index is 10.1. The van der Waals surface area contributed by atoms with E-state index in [9.17, 15) is 5.11 Å². The van der Waals surface area contributed by atoms with E-state index in [1.807, 2.05) is 0 Å². The van der Waals surface area contributed by atoms with Crippen molar-refractivity contribution < 1.29 is 5.11 Å². The first-order valence-corrected chi connectivity index (χ1v) is 5.77. The summed E-state index contributed by atoms with van der Waals surface area (Å²) in [5.41, 5.74) is 2.49. The largest absolute Gasteiger partial charge is 0.389 e. The Balaban J connectivity index is 1.68. The van der Waals surface area contributed by atoms with Gasteiger partial charge in [-0.15, -0.1) is 0 Å². The topological polar surface area (TPSA) is 23.5 Å². The molecular weight excluding hydrogens is 186 g/mol. The van der Waals surface area contributed by atoms with Gasteiger partial charge in [-0.2, -0.15) is 0 Å². The lowest BCUT2D eigenvalue weighted by Crippen LogP contribution is -2.46. The molecule has 0 aromatic heterocycles. The molecule has 1 fully saturated rings. The van der Waals surface area contributed by atoms with Crippen molar-refractivity contribution in [2.24, 2.45) is 0 Å². The molecule has 1 aliphatic carbocycles. The zero-order valence-electron chi connectivity index (χ0n) is 8.95. The van der Waals surface area contributed by atoms with Gasteiger partial charge >= 0.3 is 0 Å². The smallest absolute Gasteiger partial charge is 0.0774 e. The van der Waals surface area contributed by atoms with Crippen molar-refractivity contribution in [1.82, 2.24) is 4.90 Å². The van der Waals surface area contributed by atoms with E-state index in [4.69, 9.17) is 0 Å². The van der Waals surface area contributed by atoms with E-state index in [0.29, 0.717) is 0 Å². The van der Waals surface area contributed by atoms with Crippen molar-refractivity contribution in [3.05, 3.63) is 35.4 Å². The molecule has 1 aliphatic heterocycles. The molecule has 0 unspecified atom stereocenters. The molecular formula is C13H17NO. The van der Waals surface area contributed by atoms with Crippen LogP contribution in [0.15, 0.2) is 24.3 Å². The van der Waals surface area contributed by atoms with Crippen LogP contribution in [0.4, 0.5) is 0 Å². The molecule has 0 saturated heterocycles. The summed E-state index contributed by atoms with van der Waals surface area (Å²) < 4.78 is 0. The lowest BCUT2D eigenvalue weighted by atomic mass is 9.80. The van der Waals surface area contributed by atoms with E-state index in [1.54, 1.807) is 0 Å². The minimum Gasteiger partial charge on any atom is -0.389 e. The Bertz CT molecular complexity index is 346. The minimum atomic E-state index is -0.373. The van der Waals surface area contributed by atoms with E-state index in [0.717, 1.165) is 32.5 Å². The number of rotatable bonds is 2. The summed E-state index contributed by atoms with van der Waals surface area (Å²) in [6.45, 7) is 2.87. The molecule has 15 heavy (non-hydrogen) atoms. The zero-order chi connectivity index (χ0) is 10.3. The third-order valence-corrected chi connectivity index (χ3v) is 3.71. The molecule has 1 heterocycles. The van der Waals surface area contributed by atoms with Gasteiger partial charge in [0.25, 0.3) is 0 Å². The van der Waals surface area contributed by atoms with Gasteiger partial charge in [0.2, 0.25) is 0 Å². The number of aliphatic hydroxyl groups is 1. The van der Waals surface area contributed by atoms with E-state index in [2.05, 4.69) is 29.2 Å². The second-order valence-electron chi connectivity index (χ2n) is 4.99. The highest BCUT2D eigenvalue weighted by atomic mass is 16.3. The molecule has 0 spiro atoms. The quantitative estimate of drug-likeness (QED) is 0.793. The van der Waals surface area contributed by atoms with Gasteiger partial charge in [-0.1, -0.05) is 24.3 Å². The molecule has 0 amide bonds. The first kappa shape index (κ1) is 9.37. The fraction of sp³-hybridized carbons (Fsp3) is 0.538. The molecule has 2 aliphatic rings. The maximum Gasteiger partial charge on any atom is 0.0774 e. The van der Waals surface area contributed by atoms with Crippen molar-refractivity contribution in [1.29, 1.82) is 0 Å². The Morgan fingerprint density at radius 1 is 1.13 bits per heavy atom. The lowest BCUT2D eigenvalue weighted by molar-refractivity contribution is -0.0598. The Morgan fingerprint density at radius 3 is 2.20 bits per heavy atom. The Labute approximate surface area is 90.5 Å². The van der Waals surface area contributed by atoms with Crippen molar-refractivity contribution in [3.8, 4) is 0 Å². The molecule has 1 saturated carbocycles. The van der Waals surface area contributed by atoms with Crippen LogP contribution in [0.25, 0.3) is 0 Å². The molecule has 3 rings (SSSR count). The van der Waals surface area contributed by atoms with E-state index in [-0.39, 0.29) is 5.60 Å². The Hall–Kier alpha value is -0.860. The van der Waals surface area contributed by atoms with E-state index < -0.39 is 0 Å². The third kappa shape index (κ3) is 1.68. The van der Waals surface area contributed by atoms with Crippen LogP contribution in [0.3, 0.4) is 0 Å². The van der Waals surface area contributed by atoms with Crippen LogP contribution in [-0.2, 0) is 13.1 Å². The number of fused-ring (bicyclic) bond motifs is 1. The molecule has 2 heteroatoms. The van der Waals surface area contributed by atoms with Crippen LogP contribution in [0.2, 0.25) is 0 Å². The number of β-amino-alcohol motifs (C(OH)–C–C–N with tert-alkyl or cyclic N) is 1. The van der Waals surface area contributed by atoms with Crippen molar-refractivity contribution in [3.63, 3.8) is 0 Å². The number of nitrogens with zero attached hydrogens (tertiary/aromatic N) is 1. The van der Waals surface area contributed by atoms with E-state index in [1.165, 1.54) is 17.5 Å². The fourth-order valence-electron chi connectivity index (χ4n) is 2.67. The first-order valence-electron chi connectivity index (χ1n) is 5.77. The summed E-state index contributed by atoms with van der Waals surface area (Å²) in [4.78, 5) is 2.36. The predicted octanol–water partition coefficient (Wildman–Crippen LogP) is 1.92. The maximum absolute atomic E-state index is 10.1. The highest BCUT2D eigenvalue weighted by Gasteiger charge is 2.37. The summed E-state index contributed by atoms with van der Waals surface area (Å²) in [6.07, 6.45) is 3.16. The van der Waals surface area contributed by atoms with Gasteiger partial charge in [-0.25, -0.2) is 0 Å². The average molecular weight is 203 g/mol. The van der Waals surface area contributed by atoms with Gasteiger partial charge in [0, 0.05) is 19.6 Å². The van der Waals surface area contributed by atoms with Crippen LogP contribution < -0.4 is 0 Å². The average Bonchev–Trinajstić information content (AvgIpc) is 2.57. The van der Waals surface area contributed by atoms with Gasteiger partial charge in [-0.3, -0.25) is 4.90 Å². The molecule has 0 bridgehead atoms. The Morgan fingerprint density at radius 2 is 1.73 bits per heavy atom. The van der Waals surface area contributed by atoms with Crippen LogP contribution in [-0.4, -0.2) is 22.2 Å². The van der Waals surface area contributed by atoms with Crippen molar-refractivity contribution >= 4 is 0 Å². The number of hydrogen-bond acceptors (Lipinski definition) is 2. The first-order chi connectivity index (χ1) is 7.25. The van der Waals surface area contributed by atoms with Crippen LogP contribution in [0.1, 0.15) is 30.4 Å². The second-order valence-corrected chi connectivity index (χ2v) is 4.99. The number of hydrogen-bond donors (Lipinski definition) is 1. The fourth-order valence-corrected chi connectivity index (χ4v) is 2.67. The van der Waals surface area contributed by atoms with Crippen molar-refractivity contribution in [2.45, 2.75) is 38.0 Å². The minimum absolute atomic E-state index is 0.373. The molecule has 80 valence electrons. The van der Waals surface area contributed by atoms with Crippen LogP contribution in [0, 0.1) is 0 Å². The SMILES string of the molecule is OC1(CN2Cc3ccccc3C2)CCC1. The molecule has 1 aromatic rings. The summed E-state index contributed by atoms with van der Waals surface area (Å²) in [6, 6.07) is 8.58. The highest BCUT2D eigenvalue weighted by molar-refractivity contribution is 5.30. The normalized spacial score (nSPS) is 23.5. The van der Waals surface area contributed by atoms with Crippen LogP contribution in [0.5, 0.6) is 0 Å². The summed E-state index contributed by atoms with van der Waals surface area (Å²) in [7, 11) is 0. The second kappa shape index (κ2) is 3.32. The molecule has 1 N–H and O–H groups in total. The summed E-state index contributed by atoms with van der Waals surface area (Å²) in [5.74, 6) is 0. The highest BCUT2D eigenvalue weighted by Crippen LogP contribution is 2.34. The van der Waals surface area contributed by atoms with E-state index >= 15 is 0 Å². The summed E-state index contributed by atoms with van der Waals surface area (Å²) in [5, 5.41) is 10.1. The van der Waals surface area contributed by atoms with Crippen LogP contribution >= 0.6 is 0 Å². The van der Waals surface area contributed by atoms with Gasteiger partial charge < -0.3 is 5.11 Å². The molecule has 1 aromatic carbocycles. The van der Waals surface area contributed by atoms with Crippen molar-refractivity contribution in [2.75, 3.05) is 6.54 Å². The van der Waals surface area contributed by atoms with Gasteiger partial charge in [0.15, 0.2) is 0 Å². The van der Waals surface area contributed by atoms with Gasteiger partial charge in [0.1, 0.15) is 0 Å². The predicted molar refractivity (Wildman–Crippen MR) is 59.4 cm³/mol. The van der Waals surface area contributed by atoms with Gasteiger partial charge in [0.05, 0.1) is 5.60 Å². The Kier molecular flexibility index (Phi) is 2.08. The monoisotopic (exact) mass is 203 g/mol. The number of benzene rings is 1. The molecule has 0 radical (unpaired) electrons. The lowest BCUT2D eigenvalue weighted by Gasteiger charge is -2.39. The standard InChI is InChI=1S/C13H17NO/c15-13(6-3-7-13)10-14-8-11-4-1-2-5-12(11)9-14/h1-2,4-5,15H,3,6-10H2. The molecule has 2 nitrogen and oxygen atoms in total. The zero-order valence-corrected chi connectivity index (χ0v) is 8.95. The molecule has 0 atom stereocenters. The van der Waals surface area contributed by atoms with Gasteiger partial charge in [-0.05, 0) is 30.4 Å². The third-order valence-electron chi connectivity index (χ3n) is 3.71. The summed E-state index contributed by atoms with van der Waals surface area (Å²) >= 11 is 0.